The zero-order valence-corrected chi connectivity index (χ0v) is 11.5. The highest BCUT2D eigenvalue weighted by Crippen LogP contribution is 2.32. The summed E-state index contributed by atoms with van der Waals surface area (Å²) in [6, 6.07) is 3.94. The van der Waals surface area contributed by atoms with E-state index in [1.807, 2.05) is 24.0 Å². The van der Waals surface area contributed by atoms with Crippen LogP contribution in [0, 0.1) is 12.8 Å². The van der Waals surface area contributed by atoms with Crippen LogP contribution in [0.5, 0.6) is 0 Å². The van der Waals surface area contributed by atoms with Crippen molar-refractivity contribution in [1.29, 1.82) is 0 Å². The lowest BCUT2D eigenvalue weighted by Crippen LogP contribution is -2.34. The first kappa shape index (κ1) is 12.7. The third-order valence-corrected chi connectivity index (χ3v) is 4.53. The van der Waals surface area contributed by atoms with Crippen LogP contribution in [0.3, 0.4) is 0 Å². The summed E-state index contributed by atoms with van der Waals surface area (Å²) in [4.78, 5) is 14.1. The van der Waals surface area contributed by atoms with Gasteiger partial charge in [-0.25, -0.2) is 0 Å². The maximum Gasteiger partial charge on any atom is 0.222 e. The molecule has 3 rings (SSSR count). The Hall–Kier alpha value is -1.29. The third kappa shape index (κ3) is 2.54. The Morgan fingerprint density at radius 2 is 2.21 bits per heavy atom. The maximum absolute atomic E-state index is 12.2. The van der Waals surface area contributed by atoms with Crippen molar-refractivity contribution in [2.24, 2.45) is 11.7 Å². The fourth-order valence-corrected chi connectivity index (χ4v) is 3.06. The molecule has 4 heteroatoms. The van der Waals surface area contributed by atoms with Crippen molar-refractivity contribution in [3.63, 3.8) is 0 Å². The average Bonchev–Trinajstić information content (AvgIpc) is 2.89. The number of hydrogen-bond donors (Lipinski definition) is 1. The lowest BCUT2D eigenvalue weighted by molar-refractivity contribution is -0.131. The Morgan fingerprint density at radius 3 is 2.79 bits per heavy atom. The van der Waals surface area contributed by atoms with Crippen molar-refractivity contribution >= 4 is 5.91 Å². The summed E-state index contributed by atoms with van der Waals surface area (Å²) in [5, 5.41) is 0. The molecule has 19 heavy (non-hydrogen) atoms. The number of likely N-dealkylation sites (tertiary alicyclic amines) is 1. The average molecular weight is 262 g/mol. The van der Waals surface area contributed by atoms with Crippen molar-refractivity contribution < 1.29 is 9.21 Å². The quantitative estimate of drug-likeness (QED) is 0.906. The number of amides is 1. The number of nitrogens with zero attached hydrogens (tertiary/aromatic N) is 1. The maximum atomic E-state index is 12.2. The number of carbonyl (C=O) groups is 1. The van der Waals surface area contributed by atoms with Crippen LogP contribution >= 0.6 is 0 Å². The van der Waals surface area contributed by atoms with E-state index < -0.39 is 0 Å². The molecule has 1 amide bonds. The fourth-order valence-electron chi connectivity index (χ4n) is 3.06. The molecule has 104 valence electrons. The normalized spacial score (nSPS) is 27.6. The van der Waals surface area contributed by atoms with Crippen LogP contribution in [0.25, 0.3) is 0 Å². The Morgan fingerprint density at radius 1 is 1.42 bits per heavy atom. The first-order valence-electron chi connectivity index (χ1n) is 7.23. The Bertz CT molecular complexity index is 464. The van der Waals surface area contributed by atoms with Gasteiger partial charge in [0.1, 0.15) is 11.5 Å². The predicted molar refractivity (Wildman–Crippen MR) is 72.7 cm³/mol. The molecule has 2 atom stereocenters. The Kier molecular flexibility index (Phi) is 3.35. The third-order valence-electron chi connectivity index (χ3n) is 4.53. The lowest BCUT2D eigenvalue weighted by Gasteiger charge is -2.27. The molecule has 0 aromatic carbocycles. The summed E-state index contributed by atoms with van der Waals surface area (Å²) in [7, 11) is 0. The first-order chi connectivity index (χ1) is 9.13. The molecule has 1 aromatic heterocycles. The molecule has 2 heterocycles. The van der Waals surface area contributed by atoms with Gasteiger partial charge in [0.25, 0.3) is 0 Å². The topological polar surface area (TPSA) is 59.5 Å². The van der Waals surface area contributed by atoms with Crippen LogP contribution in [0.4, 0.5) is 0 Å². The van der Waals surface area contributed by atoms with Gasteiger partial charge in [-0.1, -0.05) is 6.42 Å². The van der Waals surface area contributed by atoms with Crippen LogP contribution in [0.1, 0.15) is 43.1 Å². The number of furan rings is 1. The van der Waals surface area contributed by atoms with Crippen LogP contribution in [0.15, 0.2) is 16.5 Å². The number of carbonyl (C=O) groups excluding carboxylic acids is 1. The van der Waals surface area contributed by atoms with E-state index in [0.717, 1.165) is 11.5 Å². The molecule has 1 saturated heterocycles. The van der Waals surface area contributed by atoms with Gasteiger partial charge in [-0.3, -0.25) is 4.79 Å². The van der Waals surface area contributed by atoms with Crippen molar-refractivity contribution in [3.05, 3.63) is 23.7 Å². The molecular weight excluding hydrogens is 240 g/mol. The van der Waals surface area contributed by atoms with Crippen molar-refractivity contribution in [1.82, 2.24) is 4.90 Å². The number of nitrogens with two attached hydrogens (primary N) is 1. The Balaban J connectivity index is 1.62. The summed E-state index contributed by atoms with van der Waals surface area (Å²) in [5.41, 5.74) is 6.17. The van der Waals surface area contributed by atoms with Crippen LogP contribution < -0.4 is 5.73 Å². The zero-order chi connectivity index (χ0) is 13.4. The van der Waals surface area contributed by atoms with Gasteiger partial charge >= 0.3 is 0 Å². The van der Waals surface area contributed by atoms with E-state index in [-0.39, 0.29) is 17.9 Å². The largest absolute Gasteiger partial charge is 0.466 e. The monoisotopic (exact) mass is 262 g/mol. The molecule has 2 N–H and O–H groups in total. The van der Waals surface area contributed by atoms with E-state index in [2.05, 4.69) is 0 Å². The van der Waals surface area contributed by atoms with Gasteiger partial charge in [-0.15, -0.1) is 0 Å². The molecule has 0 bridgehead atoms. The highest BCUT2D eigenvalue weighted by molar-refractivity contribution is 5.77. The van der Waals surface area contributed by atoms with Crippen molar-refractivity contribution in [2.75, 3.05) is 13.1 Å². The number of aryl methyl sites for hydroxylation is 1. The number of rotatable bonds is 3. The van der Waals surface area contributed by atoms with Gasteiger partial charge in [-0.05, 0) is 37.8 Å². The van der Waals surface area contributed by atoms with Crippen molar-refractivity contribution in [3.8, 4) is 0 Å². The minimum Gasteiger partial charge on any atom is -0.466 e. The highest BCUT2D eigenvalue weighted by atomic mass is 16.3. The van der Waals surface area contributed by atoms with E-state index >= 15 is 0 Å². The molecule has 1 aromatic rings. The zero-order valence-electron chi connectivity index (χ0n) is 11.5. The van der Waals surface area contributed by atoms with Crippen LogP contribution in [-0.2, 0) is 4.79 Å². The van der Waals surface area contributed by atoms with Gasteiger partial charge in [0, 0.05) is 25.6 Å². The SMILES string of the molecule is Cc1ccc(C2CN(C(=O)CC3CCC3)CC2N)o1. The van der Waals surface area contributed by atoms with Crippen LogP contribution in [-0.4, -0.2) is 29.9 Å². The second-order valence-electron chi connectivity index (χ2n) is 6.02. The summed E-state index contributed by atoms with van der Waals surface area (Å²) in [6.07, 6.45) is 4.42. The second-order valence-corrected chi connectivity index (χ2v) is 6.02. The summed E-state index contributed by atoms with van der Waals surface area (Å²) in [6.45, 7) is 3.30. The first-order valence-corrected chi connectivity index (χ1v) is 7.23. The van der Waals surface area contributed by atoms with Gasteiger partial charge in [-0.2, -0.15) is 0 Å². The molecule has 4 nitrogen and oxygen atoms in total. The van der Waals surface area contributed by atoms with E-state index in [9.17, 15) is 4.79 Å². The summed E-state index contributed by atoms with van der Waals surface area (Å²) >= 11 is 0. The lowest BCUT2D eigenvalue weighted by atomic mass is 9.83. The molecule has 2 unspecified atom stereocenters. The van der Waals surface area contributed by atoms with E-state index in [0.29, 0.717) is 25.4 Å². The molecule has 0 spiro atoms. The minimum absolute atomic E-state index is 0.00381. The van der Waals surface area contributed by atoms with E-state index in [1.54, 1.807) is 0 Å². The minimum atomic E-state index is -0.00381. The smallest absolute Gasteiger partial charge is 0.222 e. The molecule has 1 aliphatic heterocycles. The summed E-state index contributed by atoms with van der Waals surface area (Å²) < 4.78 is 5.66. The molecule has 1 aliphatic carbocycles. The fraction of sp³-hybridized carbons (Fsp3) is 0.667. The van der Waals surface area contributed by atoms with E-state index in [4.69, 9.17) is 10.2 Å². The van der Waals surface area contributed by atoms with Gasteiger partial charge in [0.2, 0.25) is 5.91 Å². The Labute approximate surface area is 113 Å². The standard InChI is InChI=1S/C15H22N2O2/c1-10-5-6-14(19-10)12-8-17(9-13(12)16)15(18)7-11-3-2-4-11/h5-6,11-13H,2-4,7-9,16H2,1H3. The molecule has 0 radical (unpaired) electrons. The molecule has 1 saturated carbocycles. The molecule has 2 aliphatic rings. The molecule has 2 fully saturated rings. The molecular formula is C15H22N2O2. The van der Waals surface area contributed by atoms with Gasteiger partial charge < -0.3 is 15.1 Å². The summed E-state index contributed by atoms with van der Waals surface area (Å²) in [5.74, 6) is 2.86. The second kappa shape index (κ2) is 5.00. The van der Waals surface area contributed by atoms with Gasteiger partial charge in [0.05, 0.1) is 5.92 Å². The highest BCUT2D eigenvalue weighted by Gasteiger charge is 2.36. The van der Waals surface area contributed by atoms with E-state index in [1.165, 1.54) is 19.3 Å². The van der Waals surface area contributed by atoms with Crippen LogP contribution in [0.2, 0.25) is 0 Å². The predicted octanol–water partition coefficient (Wildman–Crippen LogP) is 2.03. The van der Waals surface area contributed by atoms with Crippen molar-refractivity contribution in [2.45, 2.75) is 44.6 Å². The van der Waals surface area contributed by atoms with Gasteiger partial charge in [0.15, 0.2) is 0 Å². The number of hydrogen-bond acceptors (Lipinski definition) is 3.